The van der Waals surface area contributed by atoms with Gasteiger partial charge in [-0.05, 0) is 37.8 Å². The van der Waals surface area contributed by atoms with Gasteiger partial charge in [0, 0.05) is 0 Å². The summed E-state index contributed by atoms with van der Waals surface area (Å²) in [5.41, 5.74) is 2.10. The van der Waals surface area contributed by atoms with Crippen LogP contribution in [0.1, 0.15) is 29.5 Å². The fourth-order valence-electron chi connectivity index (χ4n) is 2.60. The van der Waals surface area contributed by atoms with Crippen LogP contribution in [0.4, 0.5) is 0 Å². The van der Waals surface area contributed by atoms with Crippen LogP contribution in [-0.4, -0.2) is 22.3 Å². The van der Waals surface area contributed by atoms with Crippen LogP contribution in [0.25, 0.3) is 0 Å². The van der Waals surface area contributed by atoms with Crippen molar-refractivity contribution in [2.24, 2.45) is 0 Å². The SMILES string of the molecule is Cc1ccc(C2(C(=O)O)CC(O)C2)c(C)c1. The zero-order valence-corrected chi connectivity index (χ0v) is 9.53. The first-order valence-corrected chi connectivity index (χ1v) is 5.45. The van der Waals surface area contributed by atoms with Crippen molar-refractivity contribution in [3.05, 3.63) is 34.9 Å². The van der Waals surface area contributed by atoms with Crippen LogP contribution in [0.3, 0.4) is 0 Å². The number of hydrogen-bond donors (Lipinski definition) is 2. The average Bonchev–Trinajstić information content (AvgIpc) is 2.12. The second-order valence-electron chi connectivity index (χ2n) is 4.77. The quantitative estimate of drug-likeness (QED) is 0.798. The molecule has 1 aliphatic carbocycles. The molecule has 0 atom stereocenters. The number of aryl methyl sites for hydroxylation is 2. The molecule has 2 N–H and O–H groups in total. The minimum Gasteiger partial charge on any atom is -0.481 e. The molecule has 0 radical (unpaired) electrons. The summed E-state index contributed by atoms with van der Waals surface area (Å²) in [4.78, 5) is 11.4. The number of aliphatic carboxylic acids is 1. The number of carbonyl (C=O) groups is 1. The van der Waals surface area contributed by atoms with Crippen molar-refractivity contribution >= 4 is 5.97 Å². The summed E-state index contributed by atoms with van der Waals surface area (Å²) < 4.78 is 0. The number of aliphatic hydroxyl groups is 1. The van der Waals surface area contributed by atoms with E-state index in [-0.39, 0.29) is 0 Å². The molecule has 0 spiro atoms. The molecule has 0 aromatic heterocycles. The highest BCUT2D eigenvalue weighted by Crippen LogP contribution is 2.45. The molecule has 0 heterocycles. The van der Waals surface area contributed by atoms with Crippen molar-refractivity contribution in [2.45, 2.75) is 38.2 Å². The summed E-state index contributed by atoms with van der Waals surface area (Å²) in [7, 11) is 0. The topological polar surface area (TPSA) is 57.5 Å². The van der Waals surface area contributed by atoms with E-state index in [4.69, 9.17) is 0 Å². The Morgan fingerprint density at radius 3 is 2.44 bits per heavy atom. The zero-order valence-electron chi connectivity index (χ0n) is 9.53. The van der Waals surface area contributed by atoms with Crippen LogP contribution in [0.5, 0.6) is 0 Å². The Labute approximate surface area is 94.7 Å². The van der Waals surface area contributed by atoms with Crippen LogP contribution in [0.15, 0.2) is 18.2 Å². The van der Waals surface area contributed by atoms with Gasteiger partial charge in [-0.1, -0.05) is 23.8 Å². The van der Waals surface area contributed by atoms with Crippen molar-refractivity contribution in [2.75, 3.05) is 0 Å². The second-order valence-corrected chi connectivity index (χ2v) is 4.77. The van der Waals surface area contributed by atoms with Crippen LogP contribution in [0.2, 0.25) is 0 Å². The minimum atomic E-state index is -0.864. The fraction of sp³-hybridized carbons (Fsp3) is 0.462. The molecule has 0 bridgehead atoms. The number of benzene rings is 1. The van der Waals surface area contributed by atoms with E-state index >= 15 is 0 Å². The number of aliphatic hydroxyl groups excluding tert-OH is 1. The van der Waals surface area contributed by atoms with Gasteiger partial charge >= 0.3 is 5.97 Å². The maximum atomic E-state index is 11.4. The highest BCUT2D eigenvalue weighted by molar-refractivity contribution is 5.83. The van der Waals surface area contributed by atoms with E-state index in [9.17, 15) is 15.0 Å². The molecule has 1 aromatic carbocycles. The largest absolute Gasteiger partial charge is 0.481 e. The van der Waals surface area contributed by atoms with E-state index in [2.05, 4.69) is 0 Å². The summed E-state index contributed by atoms with van der Waals surface area (Å²) in [6, 6.07) is 5.80. The highest BCUT2D eigenvalue weighted by atomic mass is 16.4. The Morgan fingerprint density at radius 1 is 1.38 bits per heavy atom. The number of carboxylic acids is 1. The van der Waals surface area contributed by atoms with Crippen molar-refractivity contribution in [3.63, 3.8) is 0 Å². The van der Waals surface area contributed by atoms with Gasteiger partial charge in [0.25, 0.3) is 0 Å². The lowest BCUT2D eigenvalue weighted by Crippen LogP contribution is -2.50. The van der Waals surface area contributed by atoms with E-state index in [1.54, 1.807) is 0 Å². The van der Waals surface area contributed by atoms with Gasteiger partial charge in [0.2, 0.25) is 0 Å². The molecule has 16 heavy (non-hydrogen) atoms. The van der Waals surface area contributed by atoms with E-state index in [0.29, 0.717) is 12.8 Å². The first-order chi connectivity index (χ1) is 7.45. The van der Waals surface area contributed by atoms with Crippen LogP contribution < -0.4 is 0 Å². The molecular formula is C13H16O3. The molecule has 0 unspecified atom stereocenters. The summed E-state index contributed by atoms with van der Waals surface area (Å²) in [5.74, 6) is -0.829. The van der Waals surface area contributed by atoms with Gasteiger partial charge in [-0.25, -0.2) is 0 Å². The van der Waals surface area contributed by atoms with Crippen molar-refractivity contribution in [1.29, 1.82) is 0 Å². The molecule has 1 fully saturated rings. The molecule has 1 aliphatic rings. The number of hydrogen-bond acceptors (Lipinski definition) is 2. The summed E-state index contributed by atoms with van der Waals surface area (Å²) in [6.07, 6.45) is 0.176. The zero-order chi connectivity index (χ0) is 11.9. The average molecular weight is 220 g/mol. The monoisotopic (exact) mass is 220 g/mol. The molecule has 2 rings (SSSR count). The Balaban J connectivity index is 2.45. The third-order valence-electron chi connectivity index (χ3n) is 3.48. The molecule has 1 saturated carbocycles. The van der Waals surface area contributed by atoms with Gasteiger partial charge in [-0.3, -0.25) is 4.79 Å². The predicted octanol–water partition coefficient (Wildman–Crippen LogP) is 1.78. The lowest BCUT2D eigenvalue weighted by Gasteiger charge is -2.43. The highest BCUT2D eigenvalue weighted by Gasteiger charge is 2.51. The summed E-state index contributed by atoms with van der Waals surface area (Å²) in [5, 5.41) is 18.7. The van der Waals surface area contributed by atoms with Gasteiger partial charge in [0.05, 0.1) is 11.5 Å². The normalized spacial score (nSPS) is 28.6. The lowest BCUT2D eigenvalue weighted by atomic mass is 9.61. The maximum absolute atomic E-state index is 11.4. The third kappa shape index (κ3) is 1.52. The Bertz CT molecular complexity index is 431. The van der Waals surface area contributed by atoms with Crippen molar-refractivity contribution in [1.82, 2.24) is 0 Å². The second kappa shape index (κ2) is 3.59. The van der Waals surface area contributed by atoms with Gasteiger partial charge in [-0.15, -0.1) is 0 Å². The van der Waals surface area contributed by atoms with Gasteiger partial charge in [0.1, 0.15) is 0 Å². The molecule has 3 nitrogen and oxygen atoms in total. The van der Waals surface area contributed by atoms with E-state index in [1.807, 2.05) is 32.0 Å². The predicted molar refractivity (Wildman–Crippen MR) is 60.5 cm³/mol. The Kier molecular flexibility index (Phi) is 2.50. The molecule has 0 aliphatic heterocycles. The van der Waals surface area contributed by atoms with E-state index < -0.39 is 17.5 Å². The van der Waals surface area contributed by atoms with Gasteiger partial charge in [-0.2, -0.15) is 0 Å². The van der Waals surface area contributed by atoms with E-state index in [1.165, 1.54) is 0 Å². The number of carboxylic acid groups (broad SMARTS) is 1. The molecule has 0 amide bonds. The maximum Gasteiger partial charge on any atom is 0.314 e. The van der Waals surface area contributed by atoms with Crippen molar-refractivity contribution < 1.29 is 15.0 Å². The summed E-state index contributed by atoms with van der Waals surface area (Å²) in [6.45, 7) is 3.91. The Hall–Kier alpha value is -1.35. The molecule has 3 heteroatoms. The van der Waals surface area contributed by atoms with Crippen molar-refractivity contribution in [3.8, 4) is 0 Å². The Morgan fingerprint density at radius 2 is 2.00 bits per heavy atom. The first kappa shape index (κ1) is 11.1. The van der Waals surface area contributed by atoms with Crippen LogP contribution in [-0.2, 0) is 10.2 Å². The standard InChI is InChI=1S/C13H16O3/c1-8-3-4-11(9(2)5-8)13(12(15)16)6-10(14)7-13/h3-5,10,14H,6-7H2,1-2H3,(H,15,16). The fourth-order valence-corrected chi connectivity index (χ4v) is 2.60. The minimum absolute atomic E-state index is 0.326. The lowest BCUT2D eigenvalue weighted by molar-refractivity contribution is -0.153. The smallest absolute Gasteiger partial charge is 0.314 e. The van der Waals surface area contributed by atoms with E-state index in [0.717, 1.165) is 16.7 Å². The van der Waals surface area contributed by atoms with Crippen LogP contribution in [0, 0.1) is 13.8 Å². The number of rotatable bonds is 2. The van der Waals surface area contributed by atoms with Gasteiger partial charge < -0.3 is 10.2 Å². The molecule has 0 saturated heterocycles. The summed E-state index contributed by atoms with van der Waals surface area (Å²) >= 11 is 0. The molecule has 86 valence electrons. The molecular weight excluding hydrogens is 204 g/mol. The third-order valence-corrected chi connectivity index (χ3v) is 3.48. The first-order valence-electron chi connectivity index (χ1n) is 5.45. The molecule has 1 aromatic rings. The van der Waals surface area contributed by atoms with Crippen LogP contribution >= 0.6 is 0 Å². The van der Waals surface area contributed by atoms with Gasteiger partial charge in [0.15, 0.2) is 0 Å².